The Bertz CT molecular complexity index is 300. The second-order valence-electron chi connectivity index (χ2n) is 3.92. The largest absolute Gasteiger partial charge is 0.314 e. The third-order valence-electron chi connectivity index (χ3n) is 2.60. The molecule has 1 aliphatic rings. The molecular formula is C12H21N3O. The highest BCUT2D eigenvalue weighted by Gasteiger charge is 2.21. The number of nitrogens with zero attached hydrogens (tertiary/aromatic N) is 3. The highest BCUT2D eigenvalue weighted by Crippen LogP contribution is 2.17. The van der Waals surface area contributed by atoms with Gasteiger partial charge in [0.05, 0.1) is 11.4 Å². The molecule has 0 bridgehead atoms. The van der Waals surface area contributed by atoms with Crippen LogP contribution in [0.25, 0.3) is 0 Å². The molecule has 1 unspecified atom stereocenters. The van der Waals surface area contributed by atoms with E-state index in [9.17, 15) is 5.21 Å². The molecule has 4 nitrogen and oxygen atoms in total. The number of hydrogen-bond donors (Lipinski definition) is 1. The van der Waals surface area contributed by atoms with Crippen LogP contribution in [0.15, 0.2) is 12.4 Å². The quantitative estimate of drug-likeness (QED) is 0.833. The molecule has 0 amide bonds. The van der Waals surface area contributed by atoms with E-state index in [0.29, 0.717) is 5.92 Å². The Morgan fingerprint density at radius 3 is 2.62 bits per heavy atom. The maximum Gasteiger partial charge on any atom is 0.0590 e. The van der Waals surface area contributed by atoms with Gasteiger partial charge in [-0.05, 0) is 25.7 Å². The van der Waals surface area contributed by atoms with E-state index in [-0.39, 0.29) is 0 Å². The van der Waals surface area contributed by atoms with Gasteiger partial charge in [0.1, 0.15) is 0 Å². The Morgan fingerprint density at radius 2 is 2.12 bits per heavy atom. The fraction of sp³-hybridized carbons (Fsp3) is 0.667. The van der Waals surface area contributed by atoms with Crippen molar-refractivity contribution in [2.75, 3.05) is 13.1 Å². The lowest BCUT2D eigenvalue weighted by Crippen LogP contribution is -2.16. The van der Waals surface area contributed by atoms with E-state index in [4.69, 9.17) is 0 Å². The molecule has 1 aliphatic heterocycles. The zero-order valence-electron chi connectivity index (χ0n) is 10.3. The van der Waals surface area contributed by atoms with Crippen LogP contribution in [-0.4, -0.2) is 33.3 Å². The maximum absolute atomic E-state index is 9.22. The van der Waals surface area contributed by atoms with Gasteiger partial charge < -0.3 is 5.21 Å². The summed E-state index contributed by atoms with van der Waals surface area (Å²) in [5, 5.41) is 10.6. The van der Waals surface area contributed by atoms with Crippen molar-refractivity contribution in [3.8, 4) is 0 Å². The summed E-state index contributed by atoms with van der Waals surface area (Å²) < 4.78 is 0. The molecule has 0 radical (unpaired) electrons. The standard InChI is InChI=1S/C10H15N3O.C2H6/c1-8-5-12-10(6-11-8)4-9-2-3-13(14)7-9;1-2/h5-6,9,14H,2-4,7H2,1H3;1-2H3. The molecule has 1 saturated heterocycles. The van der Waals surface area contributed by atoms with Gasteiger partial charge in [0.15, 0.2) is 0 Å². The van der Waals surface area contributed by atoms with Crippen LogP contribution in [0.3, 0.4) is 0 Å². The van der Waals surface area contributed by atoms with Crippen molar-refractivity contribution >= 4 is 0 Å². The smallest absolute Gasteiger partial charge is 0.0590 e. The van der Waals surface area contributed by atoms with Crippen LogP contribution >= 0.6 is 0 Å². The molecular weight excluding hydrogens is 202 g/mol. The molecule has 2 heterocycles. The lowest BCUT2D eigenvalue weighted by atomic mass is 10.0. The summed E-state index contributed by atoms with van der Waals surface area (Å²) in [7, 11) is 0. The minimum Gasteiger partial charge on any atom is -0.314 e. The molecule has 0 saturated carbocycles. The van der Waals surface area contributed by atoms with E-state index in [1.54, 1.807) is 6.20 Å². The Kier molecular flexibility index (Phi) is 5.35. The Labute approximate surface area is 97.3 Å². The Balaban J connectivity index is 0.000000606. The van der Waals surface area contributed by atoms with Crippen LogP contribution < -0.4 is 0 Å². The van der Waals surface area contributed by atoms with Crippen LogP contribution in [0.5, 0.6) is 0 Å². The van der Waals surface area contributed by atoms with Crippen LogP contribution in [0, 0.1) is 12.8 Å². The Hall–Kier alpha value is -1.00. The summed E-state index contributed by atoms with van der Waals surface area (Å²) in [6.45, 7) is 7.47. The first-order valence-electron chi connectivity index (χ1n) is 5.95. The zero-order chi connectivity index (χ0) is 12.0. The summed E-state index contributed by atoms with van der Waals surface area (Å²) in [5.74, 6) is 0.525. The van der Waals surface area contributed by atoms with E-state index in [0.717, 1.165) is 37.3 Å². The van der Waals surface area contributed by atoms with Gasteiger partial charge in [-0.3, -0.25) is 9.97 Å². The maximum atomic E-state index is 9.22. The minimum atomic E-state index is 0.525. The first kappa shape index (κ1) is 13.1. The number of hydroxylamine groups is 2. The molecule has 2 rings (SSSR count). The fourth-order valence-corrected chi connectivity index (χ4v) is 1.80. The van der Waals surface area contributed by atoms with E-state index in [1.807, 2.05) is 27.0 Å². The monoisotopic (exact) mass is 223 g/mol. The van der Waals surface area contributed by atoms with Crippen molar-refractivity contribution in [1.29, 1.82) is 0 Å². The summed E-state index contributed by atoms with van der Waals surface area (Å²) >= 11 is 0. The molecule has 4 heteroatoms. The highest BCUT2D eigenvalue weighted by molar-refractivity contribution is 5.02. The van der Waals surface area contributed by atoms with Gasteiger partial charge >= 0.3 is 0 Å². The van der Waals surface area contributed by atoms with Crippen molar-refractivity contribution < 1.29 is 5.21 Å². The van der Waals surface area contributed by atoms with E-state index in [2.05, 4.69) is 9.97 Å². The van der Waals surface area contributed by atoms with E-state index >= 15 is 0 Å². The second kappa shape index (κ2) is 6.55. The van der Waals surface area contributed by atoms with Crippen molar-refractivity contribution in [2.45, 2.75) is 33.6 Å². The van der Waals surface area contributed by atoms with Gasteiger partial charge in [-0.25, -0.2) is 0 Å². The predicted octanol–water partition coefficient (Wildman–Crippen LogP) is 2.06. The third kappa shape index (κ3) is 3.87. The van der Waals surface area contributed by atoms with Crippen molar-refractivity contribution in [3.63, 3.8) is 0 Å². The summed E-state index contributed by atoms with van der Waals surface area (Å²) in [4.78, 5) is 8.51. The first-order chi connectivity index (χ1) is 7.74. The molecule has 0 aliphatic carbocycles. The third-order valence-corrected chi connectivity index (χ3v) is 2.60. The lowest BCUT2D eigenvalue weighted by Gasteiger charge is -2.08. The topological polar surface area (TPSA) is 49.2 Å². The van der Waals surface area contributed by atoms with E-state index in [1.165, 1.54) is 5.06 Å². The molecule has 90 valence electrons. The molecule has 0 spiro atoms. The van der Waals surface area contributed by atoms with Gasteiger partial charge in [0, 0.05) is 25.5 Å². The lowest BCUT2D eigenvalue weighted by molar-refractivity contribution is -0.0712. The number of hydrogen-bond acceptors (Lipinski definition) is 4. The van der Waals surface area contributed by atoms with Crippen LogP contribution in [0.2, 0.25) is 0 Å². The van der Waals surface area contributed by atoms with Crippen LogP contribution in [0.1, 0.15) is 31.7 Å². The van der Waals surface area contributed by atoms with Crippen molar-refractivity contribution in [1.82, 2.24) is 15.0 Å². The van der Waals surface area contributed by atoms with Crippen molar-refractivity contribution in [2.24, 2.45) is 5.92 Å². The van der Waals surface area contributed by atoms with Gasteiger partial charge in [-0.15, -0.1) is 0 Å². The van der Waals surface area contributed by atoms with Gasteiger partial charge in [-0.1, -0.05) is 13.8 Å². The van der Waals surface area contributed by atoms with Gasteiger partial charge in [0.25, 0.3) is 0 Å². The predicted molar refractivity (Wildman–Crippen MR) is 63.3 cm³/mol. The fourth-order valence-electron chi connectivity index (χ4n) is 1.80. The average molecular weight is 223 g/mol. The molecule has 1 aromatic heterocycles. The average Bonchev–Trinajstić information content (AvgIpc) is 2.70. The second-order valence-corrected chi connectivity index (χ2v) is 3.92. The zero-order valence-corrected chi connectivity index (χ0v) is 10.3. The molecule has 1 N–H and O–H groups in total. The van der Waals surface area contributed by atoms with Gasteiger partial charge in [0.2, 0.25) is 0 Å². The minimum absolute atomic E-state index is 0.525. The number of aromatic nitrogens is 2. The summed E-state index contributed by atoms with van der Waals surface area (Å²) in [5.41, 5.74) is 1.97. The Morgan fingerprint density at radius 1 is 1.38 bits per heavy atom. The molecule has 1 fully saturated rings. The molecule has 1 aromatic rings. The normalized spacial score (nSPS) is 20.4. The van der Waals surface area contributed by atoms with E-state index < -0.39 is 0 Å². The van der Waals surface area contributed by atoms with Crippen molar-refractivity contribution in [3.05, 3.63) is 23.8 Å². The van der Waals surface area contributed by atoms with Crippen LogP contribution in [0.4, 0.5) is 0 Å². The summed E-state index contributed by atoms with van der Waals surface area (Å²) in [6.07, 6.45) is 5.59. The SMILES string of the molecule is CC.Cc1cnc(CC2CCN(O)C2)cn1. The number of rotatable bonds is 2. The molecule has 1 atom stereocenters. The molecule has 0 aromatic carbocycles. The summed E-state index contributed by atoms with van der Waals surface area (Å²) in [6, 6.07) is 0. The number of aryl methyl sites for hydroxylation is 1. The molecule has 16 heavy (non-hydrogen) atoms. The highest BCUT2D eigenvalue weighted by atomic mass is 16.5. The first-order valence-corrected chi connectivity index (χ1v) is 5.95. The van der Waals surface area contributed by atoms with Crippen LogP contribution in [-0.2, 0) is 6.42 Å². The van der Waals surface area contributed by atoms with Gasteiger partial charge in [-0.2, -0.15) is 5.06 Å².